The molecule has 1 atom stereocenters. The number of benzene rings is 2. The Morgan fingerprint density at radius 2 is 1.30 bits per heavy atom. The first-order valence-electron chi connectivity index (χ1n) is 11.2. The summed E-state index contributed by atoms with van der Waals surface area (Å²) in [6.07, 6.45) is 3.13. The van der Waals surface area contributed by atoms with E-state index in [1.165, 1.54) is 16.4 Å². The molecule has 2 aromatic rings. The number of allylic oxidation sites excluding steroid dienone is 1. The summed E-state index contributed by atoms with van der Waals surface area (Å²) < 4.78 is 1.63. The molecule has 2 aromatic carbocycles. The van der Waals surface area contributed by atoms with E-state index < -0.39 is 0 Å². The molecule has 0 aliphatic heterocycles. The van der Waals surface area contributed by atoms with Crippen molar-refractivity contribution in [2.24, 2.45) is 0 Å². The average molecular weight is 470 g/mol. The second kappa shape index (κ2) is 9.45. The van der Waals surface area contributed by atoms with Gasteiger partial charge >= 0.3 is 193 Å². The third kappa shape index (κ3) is 6.35. The summed E-state index contributed by atoms with van der Waals surface area (Å²) >= 11 is 0.408. The molecule has 0 saturated carbocycles. The van der Waals surface area contributed by atoms with Gasteiger partial charge in [0.2, 0.25) is 0 Å². The van der Waals surface area contributed by atoms with Gasteiger partial charge in [-0.15, -0.1) is 0 Å². The van der Waals surface area contributed by atoms with Gasteiger partial charge in [0.25, 0.3) is 0 Å². The predicted molar refractivity (Wildman–Crippen MR) is 137 cm³/mol. The molecule has 2 rings (SSSR count). The van der Waals surface area contributed by atoms with Crippen molar-refractivity contribution >= 4 is 19.4 Å². The molecule has 1 heteroatoms. The number of rotatable bonds is 6. The monoisotopic (exact) mass is 470 g/mol. The molecule has 0 fully saturated rings. The second-order valence-corrected chi connectivity index (χ2v) is 13.8. The van der Waals surface area contributed by atoms with Crippen LogP contribution in [-0.2, 0) is 16.2 Å². The molecule has 0 N–H and O–H groups in total. The first kappa shape index (κ1) is 25.0. The molecule has 30 heavy (non-hydrogen) atoms. The van der Waals surface area contributed by atoms with Gasteiger partial charge in [-0.25, -0.2) is 0 Å². The predicted octanol–water partition coefficient (Wildman–Crippen LogP) is 7.69. The van der Waals surface area contributed by atoms with Gasteiger partial charge in [-0.2, -0.15) is 0 Å². The Morgan fingerprint density at radius 3 is 1.70 bits per heavy atom. The Morgan fingerprint density at radius 1 is 0.800 bits per heavy atom. The van der Waals surface area contributed by atoms with E-state index in [9.17, 15) is 0 Å². The van der Waals surface area contributed by atoms with Crippen LogP contribution in [0.2, 0.25) is 5.32 Å². The van der Waals surface area contributed by atoms with E-state index in [-0.39, 0.29) is 16.2 Å². The third-order valence-electron chi connectivity index (χ3n) is 5.72. The van der Waals surface area contributed by atoms with Crippen LogP contribution >= 0.6 is 0 Å². The van der Waals surface area contributed by atoms with Crippen LogP contribution in [0.15, 0.2) is 55.1 Å². The van der Waals surface area contributed by atoms with Crippen molar-refractivity contribution in [2.75, 3.05) is 0 Å². The Hall–Kier alpha value is -1.30. The molecule has 164 valence electrons. The fourth-order valence-electron chi connectivity index (χ4n) is 3.74. The maximum atomic E-state index is 4.04. The molecule has 0 aromatic heterocycles. The van der Waals surface area contributed by atoms with Gasteiger partial charge in [-0.3, -0.25) is 0 Å². The van der Waals surface area contributed by atoms with Gasteiger partial charge in [-0.1, -0.05) is 0 Å². The fraction of sp³-hybridized carbons (Fsp3) is 0.517. The van der Waals surface area contributed by atoms with Crippen molar-refractivity contribution in [3.63, 3.8) is 0 Å². The zero-order valence-corrected chi connectivity index (χ0v) is 22.4. The number of hydrogen-bond donors (Lipinski definition) is 0. The molecule has 0 aliphatic rings. The van der Waals surface area contributed by atoms with Crippen LogP contribution in [0, 0.1) is 0 Å². The molecule has 0 radical (unpaired) electrons. The maximum absolute atomic E-state index is 4.04. The minimum absolute atomic E-state index is 0.138. The summed E-state index contributed by atoms with van der Waals surface area (Å²) in [7, 11) is 0. The van der Waals surface area contributed by atoms with Crippen LogP contribution in [0.1, 0.15) is 96.9 Å². The van der Waals surface area contributed by atoms with Crippen molar-refractivity contribution in [3.05, 3.63) is 77.4 Å². The molecule has 0 saturated heterocycles. The molecular weight excluding hydrogens is 427 g/mol. The fourth-order valence-corrected chi connectivity index (χ4v) is 7.39. The Balaban J connectivity index is 2.57. The van der Waals surface area contributed by atoms with E-state index in [4.69, 9.17) is 0 Å². The van der Waals surface area contributed by atoms with Gasteiger partial charge in [-0.05, 0) is 0 Å². The van der Waals surface area contributed by atoms with E-state index in [2.05, 4.69) is 117 Å². The van der Waals surface area contributed by atoms with Crippen LogP contribution in [0.25, 0.3) is 0 Å². The summed E-state index contributed by atoms with van der Waals surface area (Å²) in [6.45, 7) is 25.3. The molecule has 0 spiro atoms. The molecule has 0 nitrogen and oxygen atoms in total. The first-order valence-corrected chi connectivity index (χ1v) is 13.3. The molecule has 0 unspecified atom stereocenters. The van der Waals surface area contributed by atoms with Gasteiger partial charge in [0.15, 0.2) is 0 Å². The van der Waals surface area contributed by atoms with Gasteiger partial charge < -0.3 is 0 Å². The topological polar surface area (TPSA) is 0 Å². The average Bonchev–Trinajstić information content (AvgIpc) is 2.63. The first-order chi connectivity index (χ1) is 13.7. The SMILES string of the molecule is C=CC[C@@H](C[Se]c1c(C(C)(C)C)cc(C(C)(C)C)cc1C(C)(C)C)c1ccccc1. The molecular formula is C29H42Se. The van der Waals surface area contributed by atoms with Crippen molar-refractivity contribution in [3.8, 4) is 0 Å². The summed E-state index contributed by atoms with van der Waals surface area (Å²) in [4.78, 5) is 0. The molecule has 0 bridgehead atoms. The Bertz CT molecular complexity index is 804. The Labute approximate surface area is 192 Å². The summed E-state index contributed by atoms with van der Waals surface area (Å²) in [5, 5.41) is 1.21. The van der Waals surface area contributed by atoms with Crippen molar-refractivity contribution in [1.29, 1.82) is 0 Å². The van der Waals surface area contributed by atoms with E-state index in [0.717, 1.165) is 6.42 Å². The van der Waals surface area contributed by atoms with Crippen LogP contribution in [0.3, 0.4) is 0 Å². The van der Waals surface area contributed by atoms with Gasteiger partial charge in [0.1, 0.15) is 0 Å². The molecule has 0 aliphatic carbocycles. The van der Waals surface area contributed by atoms with Crippen LogP contribution < -0.4 is 4.46 Å². The quantitative estimate of drug-likeness (QED) is 0.301. The summed E-state index contributed by atoms with van der Waals surface area (Å²) in [5.41, 5.74) is 6.43. The second-order valence-electron chi connectivity index (χ2n) is 11.6. The third-order valence-corrected chi connectivity index (χ3v) is 8.44. The van der Waals surface area contributed by atoms with E-state index in [1.54, 1.807) is 15.6 Å². The number of hydrogen-bond acceptors (Lipinski definition) is 0. The van der Waals surface area contributed by atoms with Crippen LogP contribution in [0.4, 0.5) is 0 Å². The van der Waals surface area contributed by atoms with Crippen molar-refractivity contribution in [1.82, 2.24) is 0 Å². The van der Waals surface area contributed by atoms with E-state index >= 15 is 0 Å². The van der Waals surface area contributed by atoms with Gasteiger partial charge in [0, 0.05) is 0 Å². The van der Waals surface area contributed by atoms with E-state index in [1.807, 2.05) is 0 Å². The zero-order chi connectivity index (χ0) is 22.7. The normalized spacial score (nSPS) is 13.9. The van der Waals surface area contributed by atoms with Gasteiger partial charge in [0.05, 0.1) is 0 Å². The van der Waals surface area contributed by atoms with Crippen LogP contribution in [0.5, 0.6) is 0 Å². The Kier molecular flexibility index (Phi) is 7.87. The zero-order valence-electron chi connectivity index (χ0n) is 20.7. The molecule has 0 heterocycles. The molecule has 0 amide bonds. The standard InChI is InChI=1S/C29H42Se/c1-11-15-22(21-16-13-12-14-17-21)20-30-26-24(28(5,6)7)18-23(27(2,3)4)19-25(26)29(8,9)10/h11-14,16-19,22H,1,15,20H2,2-10H3/t22-/m0/s1. The summed E-state index contributed by atoms with van der Waals surface area (Å²) in [6, 6.07) is 16.0. The van der Waals surface area contributed by atoms with Crippen molar-refractivity contribution < 1.29 is 0 Å². The minimum atomic E-state index is 0.138. The summed E-state index contributed by atoms with van der Waals surface area (Å²) in [5.74, 6) is 0.548. The van der Waals surface area contributed by atoms with Crippen LogP contribution in [-0.4, -0.2) is 15.0 Å². The van der Waals surface area contributed by atoms with Crippen molar-refractivity contribution in [2.45, 2.75) is 96.2 Å². The van der Waals surface area contributed by atoms with E-state index in [0.29, 0.717) is 20.9 Å².